The minimum Gasteiger partial charge on any atom is -0.495 e. The molecular formula is C23H22ClN3O4. The van der Waals surface area contributed by atoms with Gasteiger partial charge in [-0.25, -0.2) is 5.43 Å². The van der Waals surface area contributed by atoms with Crippen LogP contribution in [0.5, 0.6) is 11.5 Å². The first-order chi connectivity index (χ1) is 14.9. The van der Waals surface area contributed by atoms with Crippen molar-refractivity contribution in [1.82, 2.24) is 5.43 Å². The minimum absolute atomic E-state index is 0.0239. The summed E-state index contributed by atoms with van der Waals surface area (Å²) < 4.78 is 10.4. The summed E-state index contributed by atoms with van der Waals surface area (Å²) in [6, 6.07) is 16.2. The number of hydrazone groups is 1. The largest absolute Gasteiger partial charge is 0.495 e. The zero-order valence-corrected chi connectivity index (χ0v) is 18.1. The van der Waals surface area contributed by atoms with Gasteiger partial charge in [0.25, 0.3) is 5.91 Å². The molecule has 160 valence electrons. The SMILES string of the molecule is COc1cc(NC(=O)C/C(C)=N/NC(=O)c2cccc3ccccc23)c(OC)cc1Cl. The summed E-state index contributed by atoms with van der Waals surface area (Å²) in [5.74, 6) is 0.132. The number of rotatable bonds is 7. The molecule has 0 unspecified atom stereocenters. The number of fused-ring (bicyclic) bond motifs is 1. The molecule has 0 aliphatic rings. The Kier molecular flexibility index (Phi) is 7.10. The monoisotopic (exact) mass is 439 g/mol. The number of nitrogens with one attached hydrogen (secondary N) is 2. The van der Waals surface area contributed by atoms with E-state index in [2.05, 4.69) is 15.8 Å². The van der Waals surface area contributed by atoms with E-state index in [0.29, 0.717) is 33.5 Å². The van der Waals surface area contributed by atoms with Crippen LogP contribution in [0.3, 0.4) is 0 Å². The Bertz CT molecular complexity index is 1160. The lowest BCUT2D eigenvalue weighted by atomic mass is 10.0. The van der Waals surface area contributed by atoms with Crippen LogP contribution in [-0.2, 0) is 4.79 Å². The summed E-state index contributed by atoms with van der Waals surface area (Å²) in [6.45, 7) is 1.66. The van der Waals surface area contributed by atoms with Gasteiger partial charge in [0.15, 0.2) is 0 Å². The fourth-order valence-corrected chi connectivity index (χ4v) is 3.29. The van der Waals surface area contributed by atoms with Gasteiger partial charge in [-0.05, 0) is 23.8 Å². The standard InChI is InChI=1S/C23H22ClN3O4/c1-14(11-22(28)25-19-13-20(30-2)18(24)12-21(19)31-3)26-27-23(29)17-10-6-8-15-7-4-5-9-16(15)17/h4-10,12-13H,11H2,1-3H3,(H,25,28)(H,27,29)/b26-14+. The first-order valence-corrected chi connectivity index (χ1v) is 9.83. The van der Waals surface area contributed by atoms with Crippen molar-refractivity contribution in [2.45, 2.75) is 13.3 Å². The lowest BCUT2D eigenvalue weighted by molar-refractivity contribution is -0.115. The van der Waals surface area contributed by atoms with Crippen molar-refractivity contribution < 1.29 is 19.1 Å². The zero-order valence-electron chi connectivity index (χ0n) is 17.4. The van der Waals surface area contributed by atoms with Crippen molar-refractivity contribution in [1.29, 1.82) is 0 Å². The van der Waals surface area contributed by atoms with Gasteiger partial charge >= 0.3 is 0 Å². The molecule has 3 rings (SSSR count). The van der Waals surface area contributed by atoms with Crippen molar-refractivity contribution in [3.05, 3.63) is 65.2 Å². The fourth-order valence-electron chi connectivity index (χ4n) is 3.05. The molecule has 0 aliphatic carbocycles. The summed E-state index contributed by atoms with van der Waals surface area (Å²) in [5, 5.41) is 8.96. The second-order valence-electron chi connectivity index (χ2n) is 6.73. The second kappa shape index (κ2) is 9.95. The molecule has 0 aromatic heterocycles. The topological polar surface area (TPSA) is 89.0 Å². The number of methoxy groups -OCH3 is 2. The number of hydrogen-bond donors (Lipinski definition) is 2. The molecule has 0 atom stereocenters. The van der Waals surface area contributed by atoms with E-state index in [9.17, 15) is 9.59 Å². The average Bonchev–Trinajstić information content (AvgIpc) is 2.77. The molecule has 3 aromatic rings. The molecule has 0 aliphatic heterocycles. The highest BCUT2D eigenvalue weighted by atomic mass is 35.5. The Labute approximate surface area is 185 Å². The third kappa shape index (κ3) is 5.32. The molecule has 0 spiro atoms. The van der Waals surface area contributed by atoms with Crippen LogP contribution < -0.4 is 20.2 Å². The summed E-state index contributed by atoms with van der Waals surface area (Å²) >= 11 is 6.08. The lowest BCUT2D eigenvalue weighted by Crippen LogP contribution is -2.21. The summed E-state index contributed by atoms with van der Waals surface area (Å²) in [4.78, 5) is 25.0. The van der Waals surface area contributed by atoms with E-state index in [0.717, 1.165) is 10.8 Å². The van der Waals surface area contributed by atoms with E-state index in [1.165, 1.54) is 14.2 Å². The molecule has 0 bridgehead atoms. The van der Waals surface area contributed by atoms with Crippen LogP contribution in [0.2, 0.25) is 5.02 Å². The first kappa shape index (κ1) is 22.1. The van der Waals surface area contributed by atoms with Crippen LogP contribution >= 0.6 is 11.6 Å². The van der Waals surface area contributed by atoms with Gasteiger partial charge in [0, 0.05) is 23.4 Å². The number of hydrogen-bond acceptors (Lipinski definition) is 5. The fraction of sp³-hybridized carbons (Fsp3) is 0.174. The molecule has 0 radical (unpaired) electrons. The zero-order chi connectivity index (χ0) is 22.4. The van der Waals surface area contributed by atoms with Gasteiger partial charge in [0.1, 0.15) is 11.5 Å². The third-order valence-corrected chi connectivity index (χ3v) is 4.84. The highest BCUT2D eigenvalue weighted by molar-refractivity contribution is 6.32. The van der Waals surface area contributed by atoms with Crippen molar-refractivity contribution in [2.24, 2.45) is 5.10 Å². The highest BCUT2D eigenvalue weighted by Gasteiger charge is 2.14. The number of carbonyl (C=O) groups is 2. The average molecular weight is 440 g/mol. The number of ether oxygens (including phenoxy) is 2. The van der Waals surface area contributed by atoms with E-state index in [1.54, 1.807) is 25.1 Å². The van der Waals surface area contributed by atoms with E-state index >= 15 is 0 Å². The maximum Gasteiger partial charge on any atom is 0.271 e. The molecule has 0 saturated heterocycles. The molecule has 0 saturated carbocycles. The number of benzene rings is 3. The van der Waals surface area contributed by atoms with Gasteiger partial charge in [0.2, 0.25) is 5.91 Å². The highest BCUT2D eigenvalue weighted by Crippen LogP contribution is 2.35. The van der Waals surface area contributed by atoms with E-state index < -0.39 is 0 Å². The molecule has 31 heavy (non-hydrogen) atoms. The number of amides is 2. The van der Waals surface area contributed by atoms with E-state index in [-0.39, 0.29) is 18.2 Å². The van der Waals surface area contributed by atoms with E-state index in [4.69, 9.17) is 21.1 Å². The summed E-state index contributed by atoms with van der Waals surface area (Å²) in [6.07, 6.45) is -0.0239. The maximum atomic E-state index is 12.6. The van der Waals surface area contributed by atoms with Crippen molar-refractivity contribution >= 4 is 45.6 Å². The normalized spacial score (nSPS) is 11.2. The van der Waals surface area contributed by atoms with E-state index in [1.807, 2.05) is 36.4 Å². The number of anilines is 1. The molecule has 8 heteroatoms. The van der Waals surface area contributed by atoms with Crippen LogP contribution in [0, 0.1) is 0 Å². The Balaban J connectivity index is 1.67. The third-order valence-electron chi connectivity index (χ3n) is 4.55. The predicted molar refractivity (Wildman–Crippen MR) is 122 cm³/mol. The predicted octanol–water partition coefficient (Wildman–Crippen LogP) is 4.64. The number of nitrogens with zero attached hydrogens (tertiary/aromatic N) is 1. The second-order valence-corrected chi connectivity index (χ2v) is 7.13. The van der Waals surface area contributed by atoms with Gasteiger partial charge < -0.3 is 14.8 Å². The Morgan fingerprint density at radius 1 is 1.00 bits per heavy atom. The van der Waals surface area contributed by atoms with Crippen LogP contribution in [0.15, 0.2) is 59.7 Å². The molecule has 2 amide bonds. The molecule has 0 heterocycles. The molecule has 3 aromatic carbocycles. The molecular weight excluding hydrogens is 418 g/mol. The van der Waals surface area contributed by atoms with Gasteiger partial charge in [0.05, 0.1) is 31.4 Å². The minimum atomic E-state index is -0.347. The number of halogens is 1. The van der Waals surface area contributed by atoms with Crippen molar-refractivity contribution in [3.8, 4) is 11.5 Å². The lowest BCUT2D eigenvalue weighted by Gasteiger charge is -2.13. The van der Waals surface area contributed by atoms with Gasteiger partial charge in [-0.2, -0.15) is 5.10 Å². The van der Waals surface area contributed by atoms with Crippen LogP contribution in [0.4, 0.5) is 5.69 Å². The molecule has 2 N–H and O–H groups in total. The Morgan fingerprint density at radius 3 is 2.45 bits per heavy atom. The van der Waals surface area contributed by atoms with Crippen LogP contribution in [-0.4, -0.2) is 31.7 Å². The Morgan fingerprint density at radius 2 is 1.71 bits per heavy atom. The van der Waals surface area contributed by atoms with Crippen molar-refractivity contribution in [3.63, 3.8) is 0 Å². The first-order valence-electron chi connectivity index (χ1n) is 9.45. The number of carbonyl (C=O) groups excluding carboxylic acids is 2. The van der Waals surface area contributed by atoms with Gasteiger partial charge in [-0.1, -0.05) is 48.0 Å². The molecule has 0 fully saturated rings. The van der Waals surface area contributed by atoms with Crippen LogP contribution in [0.25, 0.3) is 10.8 Å². The maximum absolute atomic E-state index is 12.6. The van der Waals surface area contributed by atoms with Gasteiger partial charge in [-0.15, -0.1) is 0 Å². The summed E-state index contributed by atoms with van der Waals surface area (Å²) in [7, 11) is 2.96. The van der Waals surface area contributed by atoms with Crippen LogP contribution in [0.1, 0.15) is 23.7 Å². The quantitative estimate of drug-likeness (QED) is 0.414. The smallest absolute Gasteiger partial charge is 0.271 e. The van der Waals surface area contributed by atoms with Crippen molar-refractivity contribution in [2.75, 3.05) is 19.5 Å². The molecule has 7 nitrogen and oxygen atoms in total. The van der Waals surface area contributed by atoms with Gasteiger partial charge in [-0.3, -0.25) is 9.59 Å². The summed E-state index contributed by atoms with van der Waals surface area (Å²) in [5.41, 5.74) is 3.88. The Hall–Kier alpha value is -3.58.